The lowest BCUT2D eigenvalue weighted by Gasteiger charge is -2.08. The van der Waals surface area contributed by atoms with Gasteiger partial charge in [0.1, 0.15) is 0 Å². The van der Waals surface area contributed by atoms with Crippen LogP contribution >= 0.6 is 0 Å². The monoisotopic (exact) mass is 187 g/mol. The average Bonchev–Trinajstić information content (AvgIpc) is 2.02. The second-order valence-electron chi connectivity index (χ2n) is 3.01. The third-order valence-corrected chi connectivity index (χ3v) is 1.22. The van der Waals surface area contributed by atoms with E-state index in [-0.39, 0.29) is 6.61 Å². The smallest absolute Gasteiger partial charge is 0.331 e. The average molecular weight is 187 g/mol. The van der Waals surface area contributed by atoms with Crippen molar-refractivity contribution in [3.8, 4) is 0 Å². The summed E-state index contributed by atoms with van der Waals surface area (Å²) in [6.07, 6.45) is 1.20. The van der Waals surface area contributed by atoms with Crippen LogP contribution in [0.5, 0.6) is 0 Å². The summed E-state index contributed by atoms with van der Waals surface area (Å²) in [6, 6.07) is -1.13. The second-order valence-corrected chi connectivity index (χ2v) is 3.01. The van der Waals surface area contributed by atoms with Crippen LogP contribution in [0, 0.1) is 5.92 Å². The van der Waals surface area contributed by atoms with Crippen LogP contribution in [0.15, 0.2) is 4.99 Å². The molecule has 0 saturated heterocycles. The topological polar surface area (TPSA) is 76.0 Å². The van der Waals surface area contributed by atoms with Crippen molar-refractivity contribution in [3.05, 3.63) is 0 Å². The highest BCUT2D eigenvalue weighted by Gasteiger charge is 2.16. The van der Waals surface area contributed by atoms with Gasteiger partial charge in [0.25, 0.3) is 0 Å². The van der Waals surface area contributed by atoms with Crippen LogP contribution in [0.25, 0.3) is 0 Å². The minimum Gasteiger partial charge on any atom is -0.480 e. The van der Waals surface area contributed by atoms with Crippen LogP contribution in [0.3, 0.4) is 0 Å². The molecular formula is C8H13NO4. The van der Waals surface area contributed by atoms with Gasteiger partial charge in [-0.25, -0.2) is 9.59 Å². The van der Waals surface area contributed by atoms with Crippen LogP contribution in [0.1, 0.15) is 13.8 Å². The van der Waals surface area contributed by atoms with Gasteiger partial charge in [0.05, 0.1) is 6.61 Å². The van der Waals surface area contributed by atoms with Crippen LogP contribution in [-0.2, 0) is 14.3 Å². The first kappa shape index (κ1) is 11.8. The standard InChI is InChI=1S/C8H13NO4/c1-6(2)3-13-4-7(8(11)12)9-5-10/h6-7H,3-4H2,1-2H3,(H,11,12)/t7-/m0/s1. The molecule has 74 valence electrons. The fraction of sp³-hybridized carbons (Fsp3) is 0.750. The van der Waals surface area contributed by atoms with E-state index in [1.54, 1.807) is 0 Å². The molecule has 0 aliphatic rings. The first-order valence-electron chi connectivity index (χ1n) is 3.95. The third kappa shape index (κ3) is 6.02. The van der Waals surface area contributed by atoms with Crippen LogP contribution in [0.2, 0.25) is 0 Å². The van der Waals surface area contributed by atoms with E-state index in [0.29, 0.717) is 12.5 Å². The number of aliphatic carboxylic acids is 1. The number of carboxylic acids is 1. The zero-order chi connectivity index (χ0) is 10.3. The third-order valence-electron chi connectivity index (χ3n) is 1.22. The molecule has 0 bridgehead atoms. The summed E-state index contributed by atoms with van der Waals surface area (Å²) < 4.78 is 5.02. The SMILES string of the molecule is CC(C)COC[C@H](N=C=O)C(=O)O. The maximum atomic E-state index is 10.4. The Balaban J connectivity index is 3.83. The lowest BCUT2D eigenvalue weighted by molar-refractivity contribution is -0.140. The van der Waals surface area contributed by atoms with Crippen molar-refractivity contribution >= 4 is 12.0 Å². The predicted molar refractivity (Wildman–Crippen MR) is 45.2 cm³/mol. The van der Waals surface area contributed by atoms with Gasteiger partial charge in [-0.2, -0.15) is 4.99 Å². The molecular weight excluding hydrogens is 174 g/mol. The van der Waals surface area contributed by atoms with Crippen molar-refractivity contribution in [1.82, 2.24) is 0 Å². The number of hydrogen-bond acceptors (Lipinski definition) is 4. The zero-order valence-electron chi connectivity index (χ0n) is 7.69. The molecule has 0 saturated carbocycles. The van der Waals surface area contributed by atoms with E-state index in [1.807, 2.05) is 13.8 Å². The lowest BCUT2D eigenvalue weighted by atomic mass is 10.2. The fourth-order valence-corrected chi connectivity index (χ4v) is 0.643. The maximum Gasteiger partial charge on any atom is 0.331 e. The van der Waals surface area contributed by atoms with Crippen molar-refractivity contribution in [1.29, 1.82) is 0 Å². The van der Waals surface area contributed by atoms with Gasteiger partial charge in [-0.3, -0.25) is 0 Å². The molecule has 0 spiro atoms. The number of isocyanates is 1. The van der Waals surface area contributed by atoms with Gasteiger partial charge in [-0.05, 0) is 5.92 Å². The Bertz CT molecular complexity index is 206. The van der Waals surface area contributed by atoms with Gasteiger partial charge >= 0.3 is 5.97 Å². The molecule has 0 radical (unpaired) electrons. The Morgan fingerprint density at radius 3 is 2.54 bits per heavy atom. The zero-order valence-corrected chi connectivity index (χ0v) is 7.69. The quantitative estimate of drug-likeness (QED) is 0.483. The molecule has 0 aromatic rings. The van der Waals surface area contributed by atoms with E-state index in [2.05, 4.69) is 4.99 Å². The summed E-state index contributed by atoms with van der Waals surface area (Å²) in [5, 5.41) is 8.52. The van der Waals surface area contributed by atoms with Crippen molar-refractivity contribution in [2.24, 2.45) is 10.9 Å². The second kappa shape index (κ2) is 6.34. The molecule has 0 aliphatic heterocycles. The number of hydrogen-bond donors (Lipinski definition) is 1. The summed E-state index contributed by atoms with van der Waals surface area (Å²) >= 11 is 0. The first-order chi connectivity index (χ1) is 6.07. The highest BCUT2D eigenvalue weighted by Crippen LogP contribution is 1.96. The molecule has 1 atom stereocenters. The van der Waals surface area contributed by atoms with E-state index in [0.717, 1.165) is 0 Å². The number of carbonyl (C=O) groups is 1. The molecule has 1 N–H and O–H groups in total. The molecule has 13 heavy (non-hydrogen) atoms. The largest absolute Gasteiger partial charge is 0.480 e. The van der Waals surface area contributed by atoms with E-state index in [4.69, 9.17) is 9.84 Å². The number of rotatable bonds is 6. The molecule has 5 nitrogen and oxygen atoms in total. The normalized spacial score (nSPS) is 12.2. The van der Waals surface area contributed by atoms with Crippen molar-refractivity contribution in [3.63, 3.8) is 0 Å². The Hall–Kier alpha value is -1.19. The summed E-state index contributed by atoms with van der Waals surface area (Å²) in [5.74, 6) is -0.846. The fourth-order valence-electron chi connectivity index (χ4n) is 0.643. The van der Waals surface area contributed by atoms with Gasteiger partial charge in [-0.1, -0.05) is 13.8 Å². The van der Waals surface area contributed by atoms with Crippen molar-refractivity contribution < 1.29 is 19.4 Å². The number of carboxylic acid groups (broad SMARTS) is 1. The molecule has 5 heteroatoms. The minimum absolute atomic E-state index is 0.0806. The Morgan fingerprint density at radius 2 is 2.15 bits per heavy atom. The van der Waals surface area contributed by atoms with Gasteiger partial charge in [0.2, 0.25) is 6.08 Å². The minimum atomic E-state index is -1.17. The summed E-state index contributed by atoms with van der Waals surface area (Å²) in [4.78, 5) is 23.3. The van der Waals surface area contributed by atoms with Crippen LogP contribution in [-0.4, -0.2) is 36.4 Å². The molecule has 0 amide bonds. The van der Waals surface area contributed by atoms with Gasteiger partial charge in [0.15, 0.2) is 6.04 Å². The predicted octanol–water partition coefficient (Wildman–Crippen LogP) is 0.448. The van der Waals surface area contributed by atoms with E-state index in [9.17, 15) is 9.59 Å². The molecule has 0 heterocycles. The van der Waals surface area contributed by atoms with Gasteiger partial charge in [-0.15, -0.1) is 0 Å². The molecule has 0 aromatic heterocycles. The molecule has 0 unspecified atom stereocenters. The van der Waals surface area contributed by atoms with E-state index >= 15 is 0 Å². The Kier molecular flexibility index (Phi) is 5.76. The van der Waals surface area contributed by atoms with Gasteiger partial charge in [0, 0.05) is 6.61 Å². The van der Waals surface area contributed by atoms with Gasteiger partial charge < -0.3 is 9.84 Å². The first-order valence-corrected chi connectivity index (χ1v) is 3.95. The number of carbonyl (C=O) groups excluding carboxylic acids is 1. The number of ether oxygens (including phenoxy) is 1. The number of aliphatic imine (C=N–C) groups is 1. The van der Waals surface area contributed by atoms with Crippen molar-refractivity contribution in [2.45, 2.75) is 19.9 Å². The Morgan fingerprint density at radius 1 is 1.54 bits per heavy atom. The molecule has 0 rings (SSSR count). The van der Waals surface area contributed by atoms with Crippen LogP contribution < -0.4 is 0 Å². The maximum absolute atomic E-state index is 10.4. The highest BCUT2D eigenvalue weighted by atomic mass is 16.5. The molecule has 0 aliphatic carbocycles. The lowest BCUT2D eigenvalue weighted by Crippen LogP contribution is -2.24. The molecule has 0 aromatic carbocycles. The van der Waals surface area contributed by atoms with E-state index < -0.39 is 12.0 Å². The summed E-state index contributed by atoms with van der Waals surface area (Å²) in [7, 11) is 0. The summed E-state index contributed by atoms with van der Waals surface area (Å²) in [6.45, 7) is 4.26. The van der Waals surface area contributed by atoms with Crippen LogP contribution in [0.4, 0.5) is 0 Å². The Labute approximate surface area is 76.4 Å². The summed E-state index contributed by atoms with van der Waals surface area (Å²) in [5.41, 5.74) is 0. The number of nitrogens with zero attached hydrogens (tertiary/aromatic N) is 1. The van der Waals surface area contributed by atoms with Crippen molar-refractivity contribution in [2.75, 3.05) is 13.2 Å². The molecule has 0 fully saturated rings. The highest BCUT2D eigenvalue weighted by molar-refractivity contribution is 5.74. The van der Waals surface area contributed by atoms with E-state index in [1.165, 1.54) is 6.08 Å².